The highest BCUT2D eigenvalue weighted by molar-refractivity contribution is 5.80. The van der Waals surface area contributed by atoms with Crippen LogP contribution in [-0.2, 0) is 20.7 Å². The van der Waals surface area contributed by atoms with Gasteiger partial charge in [0, 0.05) is 0 Å². The number of hydrogen-bond donors (Lipinski definition) is 5. The van der Waals surface area contributed by atoms with Crippen molar-refractivity contribution in [3.05, 3.63) is 29.8 Å². The third-order valence-electron chi connectivity index (χ3n) is 3.31. The SMILES string of the molecule is CC(C)C(NC(=O)OC(C)(C)C)C(=O)O.NC(Cc1ccc(O)cc1)C(=O)O. The predicted molar refractivity (Wildman–Crippen MR) is 103 cm³/mol. The number of phenolic OH excluding ortho intramolecular Hbond substituents is 1. The Labute approximate surface area is 164 Å². The van der Waals surface area contributed by atoms with Gasteiger partial charge in [-0.25, -0.2) is 9.59 Å². The summed E-state index contributed by atoms with van der Waals surface area (Å²) in [5.41, 5.74) is 5.50. The van der Waals surface area contributed by atoms with Crippen molar-refractivity contribution in [3.8, 4) is 5.75 Å². The third kappa shape index (κ3) is 11.0. The number of nitrogens with two attached hydrogens (primary N) is 1. The van der Waals surface area contributed by atoms with E-state index in [1.54, 1.807) is 46.8 Å². The smallest absolute Gasteiger partial charge is 0.408 e. The van der Waals surface area contributed by atoms with E-state index in [9.17, 15) is 14.4 Å². The highest BCUT2D eigenvalue weighted by Gasteiger charge is 2.26. The average molecular weight is 398 g/mol. The molecule has 9 nitrogen and oxygen atoms in total. The first kappa shape index (κ1) is 25.2. The lowest BCUT2D eigenvalue weighted by atomic mass is 10.1. The lowest BCUT2D eigenvalue weighted by Crippen LogP contribution is -2.46. The van der Waals surface area contributed by atoms with Crippen LogP contribution >= 0.6 is 0 Å². The molecule has 0 saturated heterocycles. The van der Waals surface area contributed by atoms with Gasteiger partial charge in [0.15, 0.2) is 0 Å². The van der Waals surface area contributed by atoms with Crippen LogP contribution in [0.4, 0.5) is 4.79 Å². The Morgan fingerprint density at radius 1 is 1.07 bits per heavy atom. The lowest BCUT2D eigenvalue weighted by molar-refractivity contribution is -0.141. The standard InChI is InChI=1S/C10H19NO4.C9H11NO3/c1-6(2)7(8(12)13)11-9(14)15-10(3,4)5;10-8(9(12)13)5-6-1-3-7(11)4-2-6/h6-7H,1-5H3,(H,11,14)(H,12,13);1-4,8,11H,5,10H2,(H,12,13). The van der Waals surface area contributed by atoms with Crippen molar-refractivity contribution >= 4 is 18.0 Å². The van der Waals surface area contributed by atoms with Crippen LogP contribution < -0.4 is 11.1 Å². The maximum atomic E-state index is 11.3. The van der Waals surface area contributed by atoms with Gasteiger partial charge in [-0.1, -0.05) is 26.0 Å². The Kier molecular flexibility index (Phi) is 10.0. The Bertz CT molecular complexity index is 651. The number of nitrogens with one attached hydrogen (secondary N) is 1. The molecule has 6 N–H and O–H groups in total. The number of carbonyl (C=O) groups excluding carboxylic acids is 1. The molecule has 28 heavy (non-hydrogen) atoms. The van der Waals surface area contributed by atoms with Crippen molar-refractivity contribution in [2.45, 2.75) is 58.7 Å². The first-order valence-corrected chi connectivity index (χ1v) is 8.71. The van der Waals surface area contributed by atoms with Crippen LogP contribution in [0.15, 0.2) is 24.3 Å². The molecule has 0 saturated carbocycles. The first-order valence-electron chi connectivity index (χ1n) is 8.71. The molecule has 0 aromatic heterocycles. The number of phenols is 1. The highest BCUT2D eigenvalue weighted by atomic mass is 16.6. The minimum atomic E-state index is -1.06. The predicted octanol–water partition coefficient (Wildman–Crippen LogP) is 1.97. The van der Waals surface area contributed by atoms with E-state index in [4.69, 9.17) is 25.8 Å². The average Bonchev–Trinajstić information content (AvgIpc) is 2.53. The summed E-state index contributed by atoms with van der Waals surface area (Å²) in [6.07, 6.45) is -0.432. The molecule has 1 amide bonds. The number of aromatic hydroxyl groups is 1. The first-order chi connectivity index (χ1) is 12.7. The van der Waals surface area contributed by atoms with Crippen LogP contribution in [0.1, 0.15) is 40.2 Å². The summed E-state index contributed by atoms with van der Waals surface area (Å²) in [5, 5.41) is 28.6. The Hall–Kier alpha value is -2.81. The normalized spacial score (nSPS) is 13.0. The van der Waals surface area contributed by atoms with Crippen LogP contribution in [0, 0.1) is 5.92 Å². The van der Waals surface area contributed by atoms with Gasteiger partial charge in [-0.3, -0.25) is 4.79 Å². The second kappa shape index (κ2) is 11.1. The zero-order valence-corrected chi connectivity index (χ0v) is 16.8. The number of alkyl carbamates (subject to hydrolysis) is 1. The van der Waals surface area contributed by atoms with Gasteiger partial charge in [0.2, 0.25) is 0 Å². The summed E-state index contributed by atoms with van der Waals surface area (Å²) in [7, 11) is 0. The number of benzene rings is 1. The zero-order valence-electron chi connectivity index (χ0n) is 16.8. The molecule has 0 spiro atoms. The number of aliphatic carboxylic acids is 2. The topological polar surface area (TPSA) is 159 Å². The monoisotopic (exact) mass is 398 g/mol. The molecular weight excluding hydrogens is 368 g/mol. The van der Waals surface area contributed by atoms with Gasteiger partial charge >= 0.3 is 18.0 Å². The van der Waals surface area contributed by atoms with Crippen molar-refractivity contribution in [2.24, 2.45) is 11.7 Å². The van der Waals surface area contributed by atoms with Crippen molar-refractivity contribution in [1.29, 1.82) is 0 Å². The van der Waals surface area contributed by atoms with Crippen molar-refractivity contribution < 1.29 is 34.4 Å². The summed E-state index contributed by atoms with van der Waals surface area (Å²) in [5.74, 6) is -2.11. The van der Waals surface area contributed by atoms with E-state index in [0.29, 0.717) is 0 Å². The van der Waals surface area contributed by atoms with Crippen molar-refractivity contribution in [2.75, 3.05) is 0 Å². The van der Waals surface area contributed by atoms with E-state index in [1.165, 1.54) is 12.1 Å². The molecule has 0 fully saturated rings. The maximum absolute atomic E-state index is 11.3. The Balaban J connectivity index is 0.000000525. The van der Waals surface area contributed by atoms with Crippen LogP contribution in [0.25, 0.3) is 0 Å². The fraction of sp³-hybridized carbons (Fsp3) is 0.526. The summed E-state index contributed by atoms with van der Waals surface area (Å²) in [6.45, 7) is 8.60. The van der Waals surface area contributed by atoms with E-state index >= 15 is 0 Å². The van der Waals surface area contributed by atoms with Gasteiger partial charge in [0.05, 0.1) is 0 Å². The van der Waals surface area contributed by atoms with E-state index in [2.05, 4.69) is 5.32 Å². The fourth-order valence-corrected chi connectivity index (χ4v) is 1.92. The number of carboxylic acids is 2. The van der Waals surface area contributed by atoms with Crippen LogP contribution in [0.3, 0.4) is 0 Å². The third-order valence-corrected chi connectivity index (χ3v) is 3.31. The van der Waals surface area contributed by atoms with Gasteiger partial charge in [-0.15, -0.1) is 0 Å². The molecular formula is C19H30N2O7. The zero-order chi connectivity index (χ0) is 22.1. The molecule has 0 heterocycles. The van der Waals surface area contributed by atoms with E-state index in [0.717, 1.165) is 5.56 Å². The molecule has 9 heteroatoms. The number of carbonyl (C=O) groups is 3. The minimum absolute atomic E-state index is 0.160. The second-order valence-corrected chi connectivity index (χ2v) is 7.52. The number of ether oxygens (including phenoxy) is 1. The molecule has 0 bridgehead atoms. The molecule has 0 radical (unpaired) electrons. The van der Waals surface area contributed by atoms with Gasteiger partial charge in [0.25, 0.3) is 0 Å². The molecule has 0 aliphatic heterocycles. The maximum Gasteiger partial charge on any atom is 0.408 e. The molecule has 158 valence electrons. The summed E-state index contributed by atoms with van der Waals surface area (Å²) in [4.78, 5) is 32.4. The molecule has 2 unspecified atom stereocenters. The fourth-order valence-electron chi connectivity index (χ4n) is 1.92. The number of amides is 1. The molecule has 1 rings (SSSR count). The van der Waals surface area contributed by atoms with Crippen LogP contribution in [0.5, 0.6) is 5.75 Å². The van der Waals surface area contributed by atoms with E-state index in [1.807, 2.05) is 0 Å². The van der Waals surface area contributed by atoms with Crippen LogP contribution in [-0.4, -0.2) is 51.0 Å². The van der Waals surface area contributed by atoms with Gasteiger partial charge in [-0.05, 0) is 50.8 Å². The summed E-state index contributed by atoms with van der Waals surface area (Å²) < 4.78 is 4.96. The Morgan fingerprint density at radius 3 is 1.93 bits per heavy atom. The summed E-state index contributed by atoms with van der Waals surface area (Å²) >= 11 is 0. The van der Waals surface area contributed by atoms with Gasteiger partial charge in [0.1, 0.15) is 23.4 Å². The van der Waals surface area contributed by atoms with E-state index < -0.39 is 35.7 Å². The molecule has 1 aromatic carbocycles. The second-order valence-electron chi connectivity index (χ2n) is 7.52. The summed E-state index contributed by atoms with van der Waals surface area (Å²) in [6, 6.07) is 4.51. The molecule has 2 atom stereocenters. The van der Waals surface area contributed by atoms with Crippen molar-refractivity contribution in [1.82, 2.24) is 5.32 Å². The van der Waals surface area contributed by atoms with E-state index in [-0.39, 0.29) is 18.1 Å². The molecule has 1 aromatic rings. The Morgan fingerprint density at radius 2 is 1.57 bits per heavy atom. The van der Waals surface area contributed by atoms with Crippen molar-refractivity contribution in [3.63, 3.8) is 0 Å². The minimum Gasteiger partial charge on any atom is -0.508 e. The highest BCUT2D eigenvalue weighted by Crippen LogP contribution is 2.11. The number of rotatable bonds is 6. The van der Waals surface area contributed by atoms with Gasteiger partial charge in [-0.2, -0.15) is 0 Å². The molecule has 0 aliphatic rings. The van der Waals surface area contributed by atoms with Gasteiger partial charge < -0.3 is 31.1 Å². The number of hydrogen-bond acceptors (Lipinski definition) is 6. The lowest BCUT2D eigenvalue weighted by Gasteiger charge is -2.23. The largest absolute Gasteiger partial charge is 0.508 e. The molecule has 0 aliphatic carbocycles. The quantitative estimate of drug-likeness (QED) is 0.486. The van der Waals surface area contributed by atoms with Crippen LogP contribution in [0.2, 0.25) is 0 Å². The number of carboxylic acid groups (broad SMARTS) is 2.